The van der Waals surface area contributed by atoms with E-state index in [1.165, 1.54) is 43.1 Å². The molecule has 0 aliphatic heterocycles. The van der Waals surface area contributed by atoms with Crippen LogP contribution < -0.4 is 24.2 Å². The van der Waals surface area contributed by atoms with E-state index < -0.39 is 29.8 Å². The molecule has 0 saturated heterocycles. The van der Waals surface area contributed by atoms with Gasteiger partial charge in [-0.3, -0.25) is 4.79 Å². The van der Waals surface area contributed by atoms with Crippen LogP contribution in [0.5, 0.6) is 0 Å². The molecule has 0 radical (unpaired) electrons. The Morgan fingerprint density at radius 3 is 2.34 bits per heavy atom. The van der Waals surface area contributed by atoms with Gasteiger partial charge in [0.05, 0.1) is 5.02 Å². The number of benzene rings is 3. The van der Waals surface area contributed by atoms with E-state index in [-0.39, 0.29) is 41.7 Å². The first-order valence-electron chi connectivity index (χ1n) is 12.2. The number of carboxylic acid groups (broad SMARTS) is 1. The van der Waals surface area contributed by atoms with Gasteiger partial charge in [0.2, 0.25) is 0 Å². The van der Waals surface area contributed by atoms with Crippen molar-refractivity contribution in [2.45, 2.75) is 18.6 Å². The molecule has 4 rings (SSSR count). The Labute approximate surface area is 257 Å². The molecule has 1 heterocycles. The van der Waals surface area contributed by atoms with E-state index in [1.54, 1.807) is 42.5 Å². The average Bonchev–Trinajstić information content (AvgIpc) is 3.41. The van der Waals surface area contributed by atoms with E-state index in [0.29, 0.717) is 39.5 Å². The topological polar surface area (TPSA) is 88.8 Å². The second-order valence-electron chi connectivity index (χ2n) is 8.90. The Morgan fingerprint density at radius 2 is 1.71 bits per heavy atom. The van der Waals surface area contributed by atoms with Crippen LogP contribution in [0, 0.1) is 11.6 Å². The number of carboxylic acids is 1. The molecular weight excluding hydrogens is 567 g/mol. The quantitative estimate of drug-likeness (QED) is 0.254. The third-order valence-electron chi connectivity index (χ3n) is 6.28. The van der Waals surface area contributed by atoms with E-state index in [2.05, 4.69) is 5.32 Å². The van der Waals surface area contributed by atoms with Gasteiger partial charge in [-0.2, -0.15) is 11.8 Å². The van der Waals surface area contributed by atoms with Gasteiger partial charge in [-0.05, 0) is 96.3 Å². The van der Waals surface area contributed by atoms with Crippen molar-refractivity contribution < 1.29 is 51.5 Å². The molecule has 0 aliphatic carbocycles. The SMILES string of the molecule is COC(c1ccc(C(=O)NC(CCSC)C(=O)O)c(-c2ccc(F)cc2Cl)c1)c1ccc(-c2ccc(F)cc2)o1.[Li+]. The Hall–Kier alpha value is -3.06. The van der Waals surface area contributed by atoms with Crippen LogP contribution in [0.15, 0.2) is 77.2 Å². The molecule has 0 fully saturated rings. The fourth-order valence-electron chi connectivity index (χ4n) is 4.26. The van der Waals surface area contributed by atoms with Crippen molar-refractivity contribution in [3.8, 4) is 22.5 Å². The van der Waals surface area contributed by atoms with E-state index in [4.69, 9.17) is 20.8 Å². The molecular formula is C30H26ClF2LiNO5S+. The largest absolute Gasteiger partial charge is 1.00 e. The van der Waals surface area contributed by atoms with Crippen molar-refractivity contribution in [2.75, 3.05) is 19.1 Å². The zero-order chi connectivity index (χ0) is 28.8. The number of carbonyl (C=O) groups is 2. The summed E-state index contributed by atoms with van der Waals surface area (Å²) in [6, 6.07) is 17.0. The molecule has 1 amide bonds. The second kappa shape index (κ2) is 14.7. The zero-order valence-electron chi connectivity index (χ0n) is 22.6. The molecule has 208 valence electrons. The minimum absolute atomic E-state index is 0. The summed E-state index contributed by atoms with van der Waals surface area (Å²) < 4.78 is 39.0. The first-order chi connectivity index (χ1) is 19.2. The normalized spacial score (nSPS) is 12.3. The number of hydrogen-bond acceptors (Lipinski definition) is 5. The van der Waals surface area contributed by atoms with Gasteiger partial charge >= 0.3 is 24.8 Å². The van der Waals surface area contributed by atoms with Crippen LogP contribution in [-0.2, 0) is 9.53 Å². The van der Waals surface area contributed by atoms with E-state index in [0.717, 1.165) is 6.07 Å². The first kappa shape index (κ1) is 32.5. The van der Waals surface area contributed by atoms with Gasteiger partial charge in [0.1, 0.15) is 35.3 Å². The Morgan fingerprint density at radius 1 is 1.00 bits per heavy atom. The summed E-state index contributed by atoms with van der Waals surface area (Å²) in [7, 11) is 1.50. The molecule has 1 aromatic heterocycles. The van der Waals surface area contributed by atoms with Crippen LogP contribution in [0.3, 0.4) is 0 Å². The molecule has 0 saturated carbocycles. The van der Waals surface area contributed by atoms with E-state index >= 15 is 0 Å². The molecule has 4 aromatic rings. The molecule has 3 aromatic carbocycles. The van der Waals surface area contributed by atoms with Crippen LogP contribution in [0.1, 0.15) is 34.2 Å². The van der Waals surface area contributed by atoms with Gasteiger partial charge < -0.3 is 19.6 Å². The van der Waals surface area contributed by atoms with E-state index in [9.17, 15) is 23.5 Å². The summed E-state index contributed by atoms with van der Waals surface area (Å²) in [5, 5.41) is 12.3. The van der Waals surface area contributed by atoms with Crippen LogP contribution in [0.4, 0.5) is 8.78 Å². The summed E-state index contributed by atoms with van der Waals surface area (Å²) >= 11 is 7.86. The summed E-state index contributed by atoms with van der Waals surface area (Å²) in [6.45, 7) is 0. The molecule has 2 atom stereocenters. The first-order valence-corrected chi connectivity index (χ1v) is 14.0. The maximum Gasteiger partial charge on any atom is 1.00 e. The molecule has 2 unspecified atom stereocenters. The van der Waals surface area contributed by atoms with Crippen molar-refractivity contribution >= 4 is 35.2 Å². The molecule has 0 bridgehead atoms. The molecule has 11 heteroatoms. The predicted octanol–water partition coefficient (Wildman–Crippen LogP) is 4.22. The zero-order valence-corrected chi connectivity index (χ0v) is 24.2. The van der Waals surface area contributed by atoms with Gasteiger partial charge in [-0.15, -0.1) is 0 Å². The van der Waals surface area contributed by atoms with Gasteiger partial charge in [-0.1, -0.05) is 17.7 Å². The maximum absolute atomic E-state index is 13.9. The van der Waals surface area contributed by atoms with Crippen LogP contribution in [0.25, 0.3) is 22.5 Å². The number of carbonyl (C=O) groups excluding carboxylic acids is 1. The van der Waals surface area contributed by atoms with Gasteiger partial charge in [0.25, 0.3) is 5.91 Å². The third-order valence-corrected chi connectivity index (χ3v) is 7.23. The maximum atomic E-state index is 13.9. The fraction of sp³-hybridized carbons (Fsp3) is 0.200. The standard InChI is InChI=1S/C30H26ClF2NO5S.Li/c1-38-28(27-12-11-26(39-27)17-3-6-19(32)7-4-17)18-5-9-22(29(35)34-25(30(36)37)13-14-40-2)23(15-18)21-10-8-20(33)16-24(21)31;/h3-12,15-16,25,28H,13-14H2,1-2H3,(H,34,35)(H,36,37);/q;+1. The Balaban J connectivity index is 0.00000462. The number of hydrogen-bond donors (Lipinski definition) is 2. The Kier molecular flexibility index (Phi) is 11.6. The third kappa shape index (κ3) is 7.82. The number of thioether (sulfide) groups is 1. The summed E-state index contributed by atoms with van der Waals surface area (Å²) in [6.07, 6.45) is 1.40. The van der Waals surface area contributed by atoms with Gasteiger partial charge in [0.15, 0.2) is 0 Å². The van der Waals surface area contributed by atoms with Crippen molar-refractivity contribution in [2.24, 2.45) is 0 Å². The summed E-state index contributed by atoms with van der Waals surface area (Å²) in [4.78, 5) is 25.1. The average molecular weight is 593 g/mol. The van der Waals surface area contributed by atoms with Crippen molar-refractivity contribution in [3.05, 3.63) is 106 Å². The number of rotatable bonds is 11. The van der Waals surface area contributed by atoms with Crippen LogP contribution in [-0.4, -0.2) is 42.1 Å². The predicted molar refractivity (Wildman–Crippen MR) is 152 cm³/mol. The smallest absolute Gasteiger partial charge is 0.480 e. The molecule has 41 heavy (non-hydrogen) atoms. The number of ether oxygens (including phenoxy) is 1. The van der Waals surface area contributed by atoms with Crippen LogP contribution in [0.2, 0.25) is 5.02 Å². The molecule has 6 nitrogen and oxygen atoms in total. The number of furan rings is 1. The minimum atomic E-state index is -1.14. The molecule has 2 N–H and O–H groups in total. The summed E-state index contributed by atoms with van der Waals surface area (Å²) in [5.41, 5.74) is 2.19. The van der Waals surface area contributed by atoms with Crippen molar-refractivity contribution in [1.82, 2.24) is 5.32 Å². The molecule has 0 aliphatic rings. The summed E-state index contributed by atoms with van der Waals surface area (Å²) in [5.74, 6) is -1.14. The van der Waals surface area contributed by atoms with Crippen LogP contribution >= 0.6 is 23.4 Å². The van der Waals surface area contributed by atoms with Gasteiger partial charge in [-0.25, -0.2) is 13.6 Å². The van der Waals surface area contributed by atoms with E-state index in [1.807, 2.05) is 6.26 Å². The van der Waals surface area contributed by atoms with Gasteiger partial charge in [0, 0.05) is 23.8 Å². The fourth-order valence-corrected chi connectivity index (χ4v) is 5.00. The number of nitrogens with one attached hydrogen (secondary N) is 1. The number of aliphatic carboxylic acids is 1. The minimum Gasteiger partial charge on any atom is -0.480 e. The van der Waals surface area contributed by atoms with Crippen molar-refractivity contribution in [1.29, 1.82) is 0 Å². The van der Waals surface area contributed by atoms with Crippen molar-refractivity contribution in [3.63, 3.8) is 0 Å². The molecule has 0 spiro atoms. The second-order valence-corrected chi connectivity index (χ2v) is 10.3. The Bertz CT molecular complexity index is 1520. The number of amides is 1. The number of methoxy groups -OCH3 is 1. The monoisotopic (exact) mass is 592 g/mol. The number of halogens is 3.